The molecule has 1 aromatic heterocycles. The van der Waals surface area contributed by atoms with Crippen molar-refractivity contribution in [1.82, 2.24) is 9.97 Å². The lowest BCUT2D eigenvalue weighted by molar-refractivity contribution is 0.135. The molecule has 0 aliphatic carbocycles. The van der Waals surface area contributed by atoms with Crippen LogP contribution in [0.1, 0.15) is 46.2 Å². The number of aromatic nitrogens is 2. The Morgan fingerprint density at radius 3 is 2.34 bits per heavy atom. The summed E-state index contributed by atoms with van der Waals surface area (Å²) in [5, 5.41) is 15.7. The van der Waals surface area contributed by atoms with Crippen LogP contribution in [0.4, 0.5) is 5.82 Å². The fraction of sp³-hybridized carbons (Fsp3) is 0.800. The zero-order valence-corrected chi connectivity index (χ0v) is 24.1. The highest BCUT2D eigenvalue weighted by molar-refractivity contribution is 14.1. The standard InChI is InChI=1S/C20H38IN3O2S2Si/c1-10-14(23-18-16(21)13(2)22-19(24-18)28-7)17(25)15(27-6)11-12-26-29(8,9)20(3,4)5/h14-15,17,25H,10-12H2,1-9H3,(H,22,23,24)/t14?,15-,17-/m0/s1. The molecule has 1 aromatic rings. The zero-order valence-electron chi connectivity index (χ0n) is 19.3. The number of nitrogens with zero attached hydrogens (tertiary/aromatic N) is 2. The third-order valence-electron chi connectivity index (χ3n) is 5.71. The number of aliphatic hydroxyl groups excluding tert-OH is 1. The Bertz CT molecular complexity index is 659. The molecule has 0 aliphatic heterocycles. The number of hydrogen-bond acceptors (Lipinski definition) is 7. The summed E-state index contributed by atoms with van der Waals surface area (Å²) in [5.41, 5.74) is 0.959. The average molecular weight is 572 g/mol. The molecule has 0 saturated carbocycles. The summed E-state index contributed by atoms with van der Waals surface area (Å²) in [7, 11) is -1.77. The minimum absolute atomic E-state index is 0.0714. The molecule has 1 unspecified atom stereocenters. The second kappa shape index (κ2) is 11.9. The molecule has 9 heteroatoms. The van der Waals surface area contributed by atoms with Crippen molar-refractivity contribution in [1.29, 1.82) is 0 Å². The van der Waals surface area contributed by atoms with E-state index in [9.17, 15) is 5.11 Å². The van der Waals surface area contributed by atoms with Gasteiger partial charge in [0.1, 0.15) is 5.82 Å². The van der Waals surface area contributed by atoms with Crippen molar-refractivity contribution in [2.75, 3.05) is 24.4 Å². The van der Waals surface area contributed by atoms with Crippen molar-refractivity contribution in [3.05, 3.63) is 9.26 Å². The normalized spacial score (nSPS) is 15.8. The van der Waals surface area contributed by atoms with Crippen LogP contribution in [0.25, 0.3) is 0 Å². The fourth-order valence-corrected chi connectivity index (χ4v) is 5.33. The molecule has 0 amide bonds. The van der Waals surface area contributed by atoms with Gasteiger partial charge in [-0.15, -0.1) is 0 Å². The molecule has 3 atom stereocenters. The van der Waals surface area contributed by atoms with Crippen LogP contribution in [0.2, 0.25) is 18.1 Å². The van der Waals surface area contributed by atoms with Crippen LogP contribution in [-0.4, -0.2) is 59.9 Å². The lowest BCUT2D eigenvalue weighted by Gasteiger charge is -2.37. The minimum Gasteiger partial charge on any atom is -0.417 e. The molecule has 0 radical (unpaired) electrons. The van der Waals surface area contributed by atoms with Crippen LogP contribution >= 0.6 is 46.1 Å². The van der Waals surface area contributed by atoms with Crippen molar-refractivity contribution >= 4 is 60.2 Å². The summed E-state index contributed by atoms with van der Waals surface area (Å²) in [6, 6.07) is -0.0714. The first-order valence-electron chi connectivity index (χ1n) is 10.1. The van der Waals surface area contributed by atoms with E-state index in [0.29, 0.717) is 6.61 Å². The Kier molecular flexibility index (Phi) is 11.3. The van der Waals surface area contributed by atoms with Crippen LogP contribution in [0, 0.1) is 10.5 Å². The van der Waals surface area contributed by atoms with Gasteiger partial charge in [0.25, 0.3) is 0 Å². The van der Waals surface area contributed by atoms with Crippen LogP contribution < -0.4 is 5.32 Å². The Labute approximate surface area is 200 Å². The van der Waals surface area contributed by atoms with Gasteiger partial charge in [-0.05, 0) is 73.0 Å². The molecular weight excluding hydrogens is 533 g/mol. The van der Waals surface area contributed by atoms with Crippen LogP contribution in [-0.2, 0) is 4.43 Å². The van der Waals surface area contributed by atoms with E-state index >= 15 is 0 Å². The Hall–Kier alpha value is 0.447. The maximum absolute atomic E-state index is 11.1. The molecule has 2 N–H and O–H groups in total. The van der Waals surface area contributed by atoms with Crippen molar-refractivity contribution in [2.24, 2.45) is 0 Å². The molecule has 0 bridgehead atoms. The van der Waals surface area contributed by atoms with E-state index in [1.165, 1.54) is 11.8 Å². The highest BCUT2D eigenvalue weighted by Crippen LogP contribution is 2.37. The van der Waals surface area contributed by atoms with Gasteiger partial charge in [-0.2, -0.15) is 11.8 Å². The van der Waals surface area contributed by atoms with Gasteiger partial charge in [0.05, 0.1) is 21.4 Å². The number of rotatable bonds is 11. The Balaban J connectivity index is 2.84. The van der Waals surface area contributed by atoms with Gasteiger partial charge in [0, 0.05) is 11.9 Å². The maximum Gasteiger partial charge on any atom is 0.191 e. The highest BCUT2D eigenvalue weighted by atomic mass is 127. The van der Waals surface area contributed by atoms with E-state index in [-0.39, 0.29) is 16.3 Å². The average Bonchev–Trinajstić information content (AvgIpc) is 2.64. The number of halogens is 1. The SMILES string of the molecule is CCC(Nc1nc(SC)nc(C)c1I)[C@H](O)[C@H](CCO[Si](C)(C)C(C)(C)C)SC. The number of aryl methyl sites for hydroxylation is 1. The van der Waals surface area contributed by atoms with Gasteiger partial charge in [-0.1, -0.05) is 39.5 Å². The summed E-state index contributed by atoms with van der Waals surface area (Å²) in [4.78, 5) is 9.11. The third kappa shape index (κ3) is 7.82. The second-order valence-corrected chi connectivity index (χ2v) is 16.5. The second-order valence-electron chi connectivity index (χ2n) is 8.78. The number of thioether (sulfide) groups is 2. The molecule has 0 aliphatic rings. The smallest absolute Gasteiger partial charge is 0.191 e. The van der Waals surface area contributed by atoms with Gasteiger partial charge in [0.2, 0.25) is 0 Å². The predicted molar refractivity (Wildman–Crippen MR) is 140 cm³/mol. The fourth-order valence-electron chi connectivity index (χ4n) is 2.66. The molecule has 0 spiro atoms. The van der Waals surface area contributed by atoms with E-state index in [2.05, 4.69) is 84.9 Å². The summed E-state index contributed by atoms with van der Waals surface area (Å²) < 4.78 is 7.35. The molecule has 0 fully saturated rings. The first-order chi connectivity index (χ1) is 13.4. The summed E-state index contributed by atoms with van der Waals surface area (Å²) in [5.74, 6) is 0.811. The lowest BCUT2D eigenvalue weighted by atomic mass is 10.0. The maximum atomic E-state index is 11.1. The topological polar surface area (TPSA) is 67.3 Å². The molecule has 0 aromatic carbocycles. The lowest BCUT2D eigenvalue weighted by Crippen LogP contribution is -2.43. The quantitative estimate of drug-likeness (QED) is 0.151. The van der Waals surface area contributed by atoms with E-state index in [1.54, 1.807) is 11.8 Å². The van der Waals surface area contributed by atoms with Crippen LogP contribution in [0.5, 0.6) is 0 Å². The van der Waals surface area contributed by atoms with Gasteiger partial charge in [-0.3, -0.25) is 0 Å². The number of aliphatic hydroxyl groups is 1. The zero-order chi connectivity index (χ0) is 22.4. The van der Waals surface area contributed by atoms with Crippen molar-refractivity contribution in [3.8, 4) is 0 Å². The number of nitrogens with one attached hydrogen (secondary N) is 1. The Morgan fingerprint density at radius 2 is 1.86 bits per heavy atom. The molecule has 168 valence electrons. The van der Waals surface area contributed by atoms with E-state index in [4.69, 9.17) is 4.43 Å². The molecule has 0 saturated heterocycles. The molecule has 1 heterocycles. The van der Waals surface area contributed by atoms with Gasteiger partial charge < -0.3 is 14.8 Å². The summed E-state index contributed by atoms with van der Waals surface area (Å²) in [6.45, 7) is 16.1. The van der Waals surface area contributed by atoms with E-state index in [1.807, 2.05) is 13.2 Å². The minimum atomic E-state index is -1.77. The van der Waals surface area contributed by atoms with E-state index in [0.717, 1.165) is 33.1 Å². The molecule has 1 rings (SSSR count). The monoisotopic (exact) mass is 571 g/mol. The van der Waals surface area contributed by atoms with Crippen molar-refractivity contribution < 1.29 is 9.53 Å². The summed E-state index contributed by atoms with van der Waals surface area (Å²) >= 11 is 5.52. The molecule has 29 heavy (non-hydrogen) atoms. The molecular formula is C20H38IN3O2S2Si. The highest BCUT2D eigenvalue weighted by Gasteiger charge is 2.37. The van der Waals surface area contributed by atoms with Gasteiger partial charge >= 0.3 is 0 Å². The third-order valence-corrected chi connectivity index (χ3v) is 13.2. The first kappa shape index (κ1) is 27.5. The van der Waals surface area contributed by atoms with Gasteiger partial charge in [-0.25, -0.2) is 9.97 Å². The number of hydrogen-bond donors (Lipinski definition) is 2. The van der Waals surface area contributed by atoms with E-state index < -0.39 is 14.4 Å². The van der Waals surface area contributed by atoms with Crippen LogP contribution in [0.3, 0.4) is 0 Å². The molecule has 5 nitrogen and oxygen atoms in total. The van der Waals surface area contributed by atoms with Crippen molar-refractivity contribution in [3.63, 3.8) is 0 Å². The van der Waals surface area contributed by atoms with Crippen LogP contribution in [0.15, 0.2) is 5.16 Å². The van der Waals surface area contributed by atoms with Gasteiger partial charge in [0.15, 0.2) is 13.5 Å². The predicted octanol–water partition coefficient (Wildman–Crippen LogP) is 5.81. The largest absolute Gasteiger partial charge is 0.417 e. The summed E-state index contributed by atoms with van der Waals surface area (Å²) in [6.07, 6.45) is 5.21. The number of anilines is 1. The first-order valence-corrected chi connectivity index (χ1v) is 16.6. The van der Waals surface area contributed by atoms with Crippen molar-refractivity contribution in [2.45, 2.75) is 88.1 Å². The Morgan fingerprint density at radius 1 is 1.24 bits per heavy atom.